The van der Waals surface area contributed by atoms with Gasteiger partial charge in [0.1, 0.15) is 11.2 Å². The minimum absolute atomic E-state index is 0.878. The third-order valence-corrected chi connectivity index (χ3v) is 11.2. The predicted octanol–water partition coefficient (Wildman–Crippen LogP) is 15.5. The summed E-state index contributed by atoms with van der Waals surface area (Å²) in [6, 6.07) is 76.7. The molecule has 0 saturated heterocycles. The average Bonchev–Trinajstić information content (AvgIpc) is 3.64. The fourth-order valence-electron chi connectivity index (χ4n) is 8.62. The summed E-state index contributed by atoms with van der Waals surface area (Å²) in [5.41, 5.74) is 12.2. The molecule has 2 nitrogen and oxygen atoms in total. The Balaban J connectivity index is 1.19. The molecule has 262 valence electrons. The summed E-state index contributed by atoms with van der Waals surface area (Å²) >= 11 is 0. The minimum Gasteiger partial charge on any atom is -0.456 e. The fourth-order valence-corrected chi connectivity index (χ4v) is 8.62. The maximum Gasteiger partial charge on any atom is 0.135 e. The zero-order chi connectivity index (χ0) is 37.0. The van der Waals surface area contributed by atoms with Crippen molar-refractivity contribution < 1.29 is 4.42 Å². The number of benzene rings is 10. The molecular weight excluding hydrogens is 679 g/mol. The van der Waals surface area contributed by atoms with Crippen LogP contribution in [0, 0.1) is 0 Å². The Labute approximate surface area is 325 Å². The summed E-state index contributed by atoms with van der Waals surface area (Å²) in [7, 11) is 0. The van der Waals surface area contributed by atoms with E-state index in [1.165, 1.54) is 60.1 Å². The van der Waals surface area contributed by atoms with E-state index < -0.39 is 0 Å². The summed E-state index contributed by atoms with van der Waals surface area (Å²) in [4.78, 5) is 2.40. The Morgan fingerprint density at radius 2 is 0.804 bits per heavy atom. The van der Waals surface area contributed by atoms with Gasteiger partial charge in [0.2, 0.25) is 0 Å². The number of para-hydroxylation sites is 1. The second kappa shape index (κ2) is 13.2. The molecule has 56 heavy (non-hydrogen) atoms. The van der Waals surface area contributed by atoms with E-state index in [9.17, 15) is 0 Å². The number of rotatable bonds is 6. The van der Waals surface area contributed by atoms with Gasteiger partial charge in [-0.1, -0.05) is 158 Å². The smallest absolute Gasteiger partial charge is 0.135 e. The SMILES string of the molecule is c1ccc(-c2c(-c3ccccc3)c3cc(N(c4cccc(-c5ccc6ccccc6c5)c4)c4ccc5oc6ccccc6c5c4)ccc3c3ccccc23)cc1. The molecule has 0 saturated carbocycles. The first-order valence-corrected chi connectivity index (χ1v) is 19.2. The molecular formula is C54H35NO. The van der Waals surface area contributed by atoms with Crippen molar-refractivity contribution in [2.24, 2.45) is 0 Å². The third-order valence-electron chi connectivity index (χ3n) is 11.2. The van der Waals surface area contributed by atoms with Crippen molar-refractivity contribution in [1.82, 2.24) is 0 Å². The summed E-state index contributed by atoms with van der Waals surface area (Å²) in [5.74, 6) is 0. The lowest BCUT2D eigenvalue weighted by Crippen LogP contribution is -2.10. The first kappa shape index (κ1) is 32.0. The van der Waals surface area contributed by atoms with Gasteiger partial charge < -0.3 is 9.32 Å². The van der Waals surface area contributed by atoms with E-state index in [-0.39, 0.29) is 0 Å². The van der Waals surface area contributed by atoms with Crippen molar-refractivity contribution in [3.05, 3.63) is 212 Å². The summed E-state index contributed by atoms with van der Waals surface area (Å²) in [5, 5.41) is 9.59. The van der Waals surface area contributed by atoms with Crippen molar-refractivity contribution in [1.29, 1.82) is 0 Å². The lowest BCUT2D eigenvalue weighted by molar-refractivity contribution is 0.669. The van der Waals surface area contributed by atoms with Crippen LogP contribution < -0.4 is 4.90 Å². The lowest BCUT2D eigenvalue weighted by Gasteiger charge is -2.27. The molecule has 1 aromatic heterocycles. The molecule has 0 aliphatic rings. The van der Waals surface area contributed by atoms with E-state index in [0.29, 0.717) is 0 Å². The number of hydrogen-bond donors (Lipinski definition) is 0. The van der Waals surface area contributed by atoms with Gasteiger partial charge in [0.15, 0.2) is 0 Å². The Morgan fingerprint density at radius 1 is 0.268 bits per heavy atom. The molecule has 11 aromatic rings. The average molecular weight is 714 g/mol. The van der Waals surface area contributed by atoms with E-state index in [1.807, 2.05) is 12.1 Å². The fraction of sp³-hybridized carbons (Fsp3) is 0. The van der Waals surface area contributed by atoms with Gasteiger partial charge in [-0.25, -0.2) is 0 Å². The largest absolute Gasteiger partial charge is 0.456 e. The molecule has 10 aromatic carbocycles. The molecule has 0 amide bonds. The van der Waals surface area contributed by atoms with Crippen molar-refractivity contribution in [3.8, 4) is 33.4 Å². The molecule has 0 spiro atoms. The van der Waals surface area contributed by atoms with E-state index in [1.54, 1.807) is 0 Å². The maximum absolute atomic E-state index is 6.31. The molecule has 0 bridgehead atoms. The zero-order valence-corrected chi connectivity index (χ0v) is 30.6. The summed E-state index contributed by atoms with van der Waals surface area (Å²) < 4.78 is 6.31. The molecule has 0 atom stereocenters. The molecule has 1 heterocycles. The van der Waals surface area contributed by atoms with Crippen molar-refractivity contribution in [3.63, 3.8) is 0 Å². The number of fused-ring (bicyclic) bond motifs is 7. The second-order valence-electron chi connectivity index (χ2n) is 14.5. The number of furan rings is 1. The van der Waals surface area contributed by atoms with E-state index in [4.69, 9.17) is 4.42 Å². The molecule has 0 aliphatic carbocycles. The molecule has 11 rings (SSSR count). The van der Waals surface area contributed by atoms with Crippen LogP contribution in [-0.4, -0.2) is 0 Å². The van der Waals surface area contributed by atoms with Crippen LogP contribution in [0.5, 0.6) is 0 Å². The van der Waals surface area contributed by atoms with Crippen LogP contribution in [-0.2, 0) is 0 Å². The standard InChI is InChI=1S/C54H35NO/c1-3-15-37(16-4-1)53-48-24-10-9-22-45(48)46-30-28-43(35-50(46)54(53)38-17-5-2-6-18-38)55(44-29-31-52-49(34-44)47-23-11-12-25-51(47)56-52)42-21-13-20-40(33-42)41-27-26-36-14-7-8-19-39(36)32-41/h1-35H. The van der Waals surface area contributed by atoms with Crippen LogP contribution in [0.25, 0.3) is 87.6 Å². The van der Waals surface area contributed by atoms with E-state index >= 15 is 0 Å². The van der Waals surface area contributed by atoms with Crippen LogP contribution in [0.4, 0.5) is 17.1 Å². The third kappa shape index (κ3) is 5.34. The zero-order valence-electron chi connectivity index (χ0n) is 30.6. The van der Waals surface area contributed by atoms with Crippen LogP contribution in [0.3, 0.4) is 0 Å². The number of anilines is 3. The highest BCUT2D eigenvalue weighted by molar-refractivity contribution is 6.22. The van der Waals surface area contributed by atoms with Gasteiger partial charge in [0, 0.05) is 27.8 Å². The van der Waals surface area contributed by atoms with Gasteiger partial charge in [-0.15, -0.1) is 0 Å². The Kier molecular flexibility index (Phi) is 7.53. The Hall–Kier alpha value is -7.42. The van der Waals surface area contributed by atoms with E-state index in [2.05, 4.69) is 205 Å². The Bertz CT molecular complexity index is 3250. The van der Waals surface area contributed by atoms with Crippen molar-refractivity contribution >= 4 is 71.3 Å². The van der Waals surface area contributed by atoms with Crippen LogP contribution in [0.2, 0.25) is 0 Å². The molecule has 0 aliphatic heterocycles. The Morgan fingerprint density at radius 3 is 1.59 bits per heavy atom. The van der Waals surface area contributed by atoms with E-state index in [0.717, 1.165) is 44.6 Å². The van der Waals surface area contributed by atoms with Crippen LogP contribution in [0.15, 0.2) is 217 Å². The number of nitrogens with zero attached hydrogens (tertiary/aromatic N) is 1. The van der Waals surface area contributed by atoms with Crippen LogP contribution in [0.1, 0.15) is 0 Å². The van der Waals surface area contributed by atoms with Gasteiger partial charge in [0.05, 0.1) is 0 Å². The van der Waals surface area contributed by atoms with Crippen molar-refractivity contribution in [2.75, 3.05) is 4.90 Å². The summed E-state index contributed by atoms with van der Waals surface area (Å²) in [6.45, 7) is 0. The molecule has 0 radical (unpaired) electrons. The van der Waals surface area contributed by atoms with Gasteiger partial charge in [0.25, 0.3) is 0 Å². The first-order valence-electron chi connectivity index (χ1n) is 19.2. The first-order chi connectivity index (χ1) is 27.8. The minimum atomic E-state index is 0.878. The highest BCUT2D eigenvalue weighted by Crippen LogP contribution is 2.47. The monoisotopic (exact) mass is 713 g/mol. The predicted molar refractivity (Wildman–Crippen MR) is 237 cm³/mol. The highest BCUT2D eigenvalue weighted by Gasteiger charge is 2.21. The molecule has 0 N–H and O–H groups in total. The van der Waals surface area contributed by atoms with Gasteiger partial charge in [-0.3, -0.25) is 0 Å². The van der Waals surface area contributed by atoms with Gasteiger partial charge >= 0.3 is 0 Å². The van der Waals surface area contributed by atoms with Crippen molar-refractivity contribution in [2.45, 2.75) is 0 Å². The topological polar surface area (TPSA) is 16.4 Å². The quantitative estimate of drug-likeness (QED) is 0.160. The van der Waals surface area contributed by atoms with Gasteiger partial charge in [-0.2, -0.15) is 0 Å². The lowest BCUT2D eigenvalue weighted by atomic mass is 9.85. The normalized spacial score (nSPS) is 11.6. The summed E-state index contributed by atoms with van der Waals surface area (Å²) in [6.07, 6.45) is 0. The van der Waals surface area contributed by atoms with Gasteiger partial charge in [-0.05, 0) is 120 Å². The molecule has 2 heteroatoms. The maximum atomic E-state index is 6.31. The second-order valence-corrected chi connectivity index (χ2v) is 14.5. The highest BCUT2D eigenvalue weighted by atomic mass is 16.3. The van der Waals surface area contributed by atoms with Crippen LogP contribution >= 0.6 is 0 Å². The molecule has 0 fully saturated rings. The molecule has 0 unspecified atom stereocenters. The number of hydrogen-bond acceptors (Lipinski definition) is 2.